The first-order chi connectivity index (χ1) is 9.45. The van der Waals surface area contributed by atoms with Crippen LogP contribution >= 0.6 is 15.9 Å². The van der Waals surface area contributed by atoms with Crippen LogP contribution in [0.3, 0.4) is 0 Å². The van der Waals surface area contributed by atoms with E-state index in [1.54, 1.807) is 24.3 Å². The van der Waals surface area contributed by atoms with Crippen LogP contribution in [0.1, 0.15) is 21.5 Å². The van der Waals surface area contributed by atoms with Crippen molar-refractivity contribution in [2.24, 2.45) is 0 Å². The second kappa shape index (κ2) is 5.96. The standard InChI is InChI=1S/C15H15BrN2O2/c1-9-4-10(6-12(16)5-9)15(20)18-8-11-7-13(17)2-3-14(11)19/h2-7,19H,8,17H2,1H3,(H,18,20). The number of nitrogens with two attached hydrogens (primary N) is 1. The van der Waals surface area contributed by atoms with Crippen molar-refractivity contribution in [1.82, 2.24) is 5.32 Å². The fraction of sp³-hybridized carbons (Fsp3) is 0.133. The number of carbonyl (C=O) groups is 1. The molecule has 0 radical (unpaired) electrons. The van der Waals surface area contributed by atoms with Gasteiger partial charge in [0, 0.05) is 27.8 Å². The highest BCUT2D eigenvalue weighted by atomic mass is 79.9. The van der Waals surface area contributed by atoms with Crippen molar-refractivity contribution in [3.63, 3.8) is 0 Å². The van der Waals surface area contributed by atoms with E-state index in [1.165, 1.54) is 6.07 Å². The van der Waals surface area contributed by atoms with Crippen LogP contribution in [0.15, 0.2) is 40.9 Å². The molecule has 0 fully saturated rings. The first-order valence-electron chi connectivity index (χ1n) is 6.08. The zero-order valence-electron chi connectivity index (χ0n) is 11.0. The molecule has 0 saturated heterocycles. The molecule has 2 aromatic carbocycles. The molecule has 0 spiro atoms. The number of anilines is 1. The first kappa shape index (κ1) is 14.4. The van der Waals surface area contributed by atoms with E-state index >= 15 is 0 Å². The van der Waals surface area contributed by atoms with E-state index in [0.717, 1.165) is 10.0 Å². The summed E-state index contributed by atoms with van der Waals surface area (Å²) in [4.78, 5) is 12.1. The lowest BCUT2D eigenvalue weighted by atomic mass is 10.1. The molecule has 0 aromatic heterocycles. The SMILES string of the molecule is Cc1cc(Br)cc(C(=O)NCc2cc(N)ccc2O)c1. The molecule has 0 aliphatic rings. The first-order valence-corrected chi connectivity index (χ1v) is 6.88. The predicted molar refractivity (Wildman–Crippen MR) is 82.6 cm³/mol. The van der Waals surface area contributed by atoms with Crippen LogP contribution in [0.2, 0.25) is 0 Å². The van der Waals surface area contributed by atoms with Gasteiger partial charge in [0.25, 0.3) is 5.91 Å². The number of hydrogen-bond acceptors (Lipinski definition) is 3. The van der Waals surface area contributed by atoms with Crippen molar-refractivity contribution in [1.29, 1.82) is 0 Å². The van der Waals surface area contributed by atoms with E-state index < -0.39 is 0 Å². The molecule has 4 nitrogen and oxygen atoms in total. The molecule has 0 saturated carbocycles. The van der Waals surface area contributed by atoms with Gasteiger partial charge in [-0.05, 0) is 48.9 Å². The highest BCUT2D eigenvalue weighted by Crippen LogP contribution is 2.20. The number of aryl methyl sites for hydroxylation is 1. The van der Waals surface area contributed by atoms with Gasteiger partial charge in [-0.25, -0.2) is 0 Å². The molecule has 0 aliphatic heterocycles. The maximum absolute atomic E-state index is 12.1. The van der Waals surface area contributed by atoms with Crippen molar-refractivity contribution >= 4 is 27.5 Å². The number of nitrogens with one attached hydrogen (secondary N) is 1. The lowest BCUT2D eigenvalue weighted by molar-refractivity contribution is 0.0950. The molecule has 1 amide bonds. The van der Waals surface area contributed by atoms with Gasteiger partial charge in [-0.3, -0.25) is 4.79 Å². The molecule has 20 heavy (non-hydrogen) atoms. The summed E-state index contributed by atoms with van der Waals surface area (Å²) in [6.07, 6.45) is 0. The second-order valence-corrected chi connectivity index (χ2v) is 5.50. The van der Waals surface area contributed by atoms with Crippen molar-refractivity contribution < 1.29 is 9.90 Å². The van der Waals surface area contributed by atoms with Crippen LogP contribution in [-0.4, -0.2) is 11.0 Å². The normalized spacial score (nSPS) is 10.3. The van der Waals surface area contributed by atoms with E-state index in [-0.39, 0.29) is 18.2 Å². The summed E-state index contributed by atoms with van der Waals surface area (Å²) < 4.78 is 0.856. The zero-order chi connectivity index (χ0) is 14.7. The molecule has 0 atom stereocenters. The van der Waals surface area contributed by atoms with Crippen LogP contribution in [-0.2, 0) is 6.54 Å². The Bertz CT molecular complexity index is 636. The minimum Gasteiger partial charge on any atom is -0.508 e. The number of hydrogen-bond donors (Lipinski definition) is 3. The summed E-state index contributed by atoms with van der Waals surface area (Å²) in [7, 11) is 0. The molecular formula is C15H15BrN2O2. The summed E-state index contributed by atoms with van der Waals surface area (Å²) in [5.41, 5.74) is 8.36. The third-order valence-electron chi connectivity index (χ3n) is 2.85. The Balaban J connectivity index is 2.10. The van der Waals surface area contributed by atoms with Gasteiger partial charge >= 0.3 is 0 Å². The fourth-order valence-corrected chi connectivity index (χ4v) is 2.50. The largest absolute Gasteiger partial charge is 0.508 e. The number of carbonyl (C=O) groups excluding carboxylic acids is 1. The monoisotopic (exact) mass is 334 g/mol. The maximum atomic E-state index is 12.1. The molecule has 2 aromatic rings. The van der Waals surface area contributed by atoms with Gasteiger partial charge in [0.2, 0.25) is 0 Å². The van der Waals surface area contributed by atoms with E-state index in [4.69, 9.17) is 5.73 Å². The smallest absolute Gasteiger partial charge is 0.251 e. The fourth-order valence-electron chi connectivity index (χ4n) is 1.89. The summed E-state index contributed by atoms with van der Waals surface area (Å²) in [6.45, 7) is 2.15. The lowest BCUT2D eigenvalue weighted by Crippen LogP contribution is -2.23. The molecule has 0 bridgehead atoms. The topological polar surface area (TPSA) is 75.4 Å². The number of amides is 1. The average Bonchev–Trinajstić information content (AvgIpc) is 2.38. The number of benzene rings is 2. The molecule has 104 valence electrons. The molecule has 0 aliphatic carbocycles. The van der Waals surface area contributed by atoms with Crippen molar-refractivity contribution in [2.45, 2.75) is 13.5 Å². The Morgan fingerprint density at radius 2 is 2.05 bits per heavy atom. The van der Waals surface area contributed by atoms with Crippen LogP contribution in [0.25, 0.3) is 0 Å². The van der Waals surface area contributed by atoms with Gasteiger partial charge in [0.15, 0.2) is 0 Å². The zero-order valence-corrected chi connectivity index (χ0v) is 12.6. The van der Waals surface area contributed by atoms with Crippen LogP contribution in [0.4, 0.5) is 5.69 Å². The summed E-state index contributed by atoms with van der Waals surface area (Å²) in [6, 6.07) is 10.3. The number of phenols is 1. The van der Waals surface area contributed by atoms with E-state index in [0.29, 0.717) is 16.8 Å². The lowest BCUT2D eigenvalue weighted by Gasteiger charge is -2.09. The highest BCUT2D eigenvalue weighted by Gasteiger charge is 2.08. The molecule has 2 rings (SSSR count). The van der Waals surface area contributed by atoms with Crippen molar-refractivity contribution in [2.75, 3.05) is 5.73 Å². The highest BCUT2D eigenvalue weighted by molar-refractivity contribution is 9.10. The molecule has 5 heteroatoms. The average molecular weight is 335 g/mol. The number of nitrogen functional groups attached to an aromatic ring is 1. The predicted octanol–water partition coefficient (Wildman–Crippen LogP) is 2.98. The summed E-state index contributed by atoms with van der Waals surface area (Å²) in [5.74, 6) is -0.0823. The minimum absolute atomic E-state index is 0.116. The quantitative estimate of drug-likeness (QED) is 0.596. The van der Waals surface area contributed by atoms with Gasteiger partial charge < -0.3 is 16.2 Å². The van der Waals surface area contributed by atoms with Gasteiger partial charge in [-0.1, -0.05) is 15.9 Å². The molecule has 0 heterocycles. The van der Waals surface area contributed by atoms with E-state index in [9.17, 15) is 9.90 Å². The Kier molecular flexibility index (Phi) is 4.29. The molecule has 4 N–H and O–H groups in total. The number of phenolic OH excluding ortho intramolecular Hbond substituents is 1. The van der Waals surface area contributed by atoms with Crippen molar-refractivity contribution in [3.8, 4) is 5.75 Å². The Hall–Kier alpha value is -2.01. The van der Waals surface area contributed by atoms with Gasteiger partial charge in [-0.15, -0.1) is 0 Å². The summed E-state index contributed by atoms with van der Waals surface area (Å²) in [5, 5.41) is 12.5. The Morgan fingerprint density at radius 3 is 2.75 bits per heavy atom. The number of aromatic hydroxyl groups is 1. The number of halogens is 1. The van der Waals surface area contributed by atoms with Gasteiger partial charge in [-0.2, -0.15) is 0 Å². The third-order valence-corrected chi connectivity index (χ3v) is 3.31. The maximum Gasteiger partial charge on any atom is 0.251 e. The number of rotatable bonds is 3. The van der Waals surface area contributed by atoms with Crippen LogP contribution in [0.5, 0.6) is 5.75 Å². The second-order valence-electron chi connectivity index (χ2n) is 4.59. The molecular weight excluding hydrogens is 320 g/mol. The van der Waals surface area contributed by atoms with E-state index in [2.05, 4.69) is 21.2 Å². The summed E-state index contributed by atoms with van der Waals surface area (Å²) >= 11 is 3.36. The van der Waals surface area contributed by atoms with Gasteiger partial charge in [0.1, 0.15) is 5.75 Å². The Labute approximate surface area is 125 Å². The third kappa shape index (κ3) is 3.51. The minimum atomic E-state index is -0.198. The Morgan fingerprint density at radius 1 is 1.30 bits per heavy atom. The van der Waals surface area contributed by atoms with Crippen LogP contribution in [0, 0.1) is 6.92 Å². The van der Waals surface area contributed by atoms with Gasteiger partial charge in [0.05, 0.1) is 0 Å². The van der Waals surface area contributed by atoms with Crippen molar-refractivity contribution in [3.05, 3.63) is 57.6 Å². The van der Waals surface area contributed by atoms with E-state index in [1.807, 2.05) is 13.0 Å². The van der Waals surface area contributed by atoms with Crippen LogP contribution < -0.4 is 11.1 Å². The molecule has 0 unspecified atom stereocenters.